The van der Waals surface area contributed by atoms with E-state index in [1.807, 2.05) is 12.1 Å². The highest BCUT2D eigenvalue weighted by atomic mass is 16.3. The van der Waals surface area contributed by atoms with Gasteiger partial charge in [0.05, 0.1) is 12.6 Å². The number of aliphatic hydroxyl groups is 1. The van der Waals surface area contributed by atoms with E-state index in [9.17, 15) is 10.2 Å². The predicted octanol–water partition coefficient (Wildman–Crippen LogP) is 2.68. The van der Waals surface area contributed by atoms with Crippen molar-refractivity contribution in [1.82, 2.24) is 4.98 Å². The number of pyridine rings is 1. The van der Waals surface area contributed by atoms with E-state index < -0.39 is 0 Å². The zero-order valence-corrected chi connectivity index (χ0v) is 11.5. The van der Waals surface area contributed by atoms with E-state index in [2.05, 4.69) is 9.88 Å². The van der Waals surface area contributed by atoms with Crippen LogP contribution in [-0.4, -0.2) is 34.4 Å². The van der Waals surface area contributed by atoms with Gasteiger partial charge in [-0.3, -0.25) is 0 Å². The molecule has 1 saturated heterocycles. The van der Waals surface area contributed by atoms with Crippen molar-refractivity contribution < 1.29 is 10.2 Å². The van der Waals surface area contributed by atoms with Crippen LogP contribution in [0.2, 0.25) is 0 Å². The van der Waals surface area contributed by atoms with Crippen LogP contribution in [0.15, 0.2) is 30.5 Å². The van der Waals surface area contributed by atoms with Crippen LogP contribution >= 0.6 is 0 Å². The summed E-state index contributed by atoms with van der Waals surface area (Å²) in [7, 11) is 0. The Labute approximate surface area is 118 Å². The highest BCUT2D eigenvalue weighted by Crippen LogP contribution is 2.31. The molecule has 3 rings (SSSR count). The number of aromatic nitrogens is 1. The Morgan fingerprint density at radius 2 is 2.10 bits per heavy atom. The molecular formula is C16H20N2O2. The molecule has 1 unspecified atom stereocenters. The van der Waals surface area contributed by atoms with Gasteiger partial charge >= 0.3 is 0 Å². The average Bonchev–Trinajstić information content (AvgIpc) is 2.71. The number of benzene rings is 1. The standard InChI is InChI=1S/C16H20N2O2/c19-11-13-4-2-1-3-9-18(13)16-15-10-14(20)6-5-12(15)7-8-17-16/h5-8,10,13,19-20H,1-4,9,11H2. The first-order valence-corrected chi connectivity index (χ1v) is 7.25. The minimum absolute atomic E-state index is 0.123. The van der Waals surface area contributed by atoms with Crippen LogP contribution in [0.3, 0.4) is 0 Å². The second-order valence-corrected chi connectivity index (χ2v) is 5.42. The molecule has 0 aliphatic carbocycles. The summed E-state index contributed by atoms with van der Waals surface area (Å²) < 4.78 is 0. The van der Waals surface area contributed by atoms with E-state index >= 15 is 0 Å². The Hall–Kier alpha value is -1.81. The quantitative estimate of drug-likeness (QED) is 0.882. The Balaban J connectivity index is 2.09. The third kappa shape index (κ3) is 2.43. The molecule has 4 nitrogen and oxygen atoms in total. The number of rotatable bonds is 2. The van der Waals surface area contributed by atoms with E-state index in [1.165, 1.54) is 6.42 Å². The third-order valence-electron chi connectivity index (χ3n) is 4.09. The molecule has 106 valence electrons. The van der Waals surface area contributed by atoms with Gasteiger partial charge in [0.2, 0.25) is 0 Å². The van der Waals surface area contributed by atoms with E-state index in [0.29, 0.717) is 0 Å². The number of aliphatic hydroxyl groups excluding tert-OH is 1. The maximum atomic E-state index is 9.74. The molecule has 2 heterocycles. The number of phenolic OH excluding ortho intramolecular Hbond substituents is 1. The Kier molecular flexibility index (Phi) is 3.74. The number of phenols is 1. The maximum Gasteiger partial charge on any atom is 0.136 e. The number of hydrogen-bond donors (Lipinski definition) is 2. The topological polar surface area (TPSA) is 56.6 Å². The van der Waals surface area contributed by atoms with E-state index in [-0.39, 0.29) is 18.4 Å². The first kappa shape index (κ1) is 13.2. The van der Waals surface area contributed by atoms with Crippen molar-refractivity contribution in [2.45, 2.75) is 31.7 Å². The fourth-order valence-electron chi connectivity index (χ4n) is 3.02. The van der Waals surface area contributed by atoms with Crippen molar-refractivity contribution >= 4 is 16.6 Å². The average molecular weight is 272 g/mol. The lowest BCUT2D eigenvalue weighted by atomic mass is 10.1. The van der Waals surface area contributed by atoms with E-state index in [0.717, 1.165) is 42.4 Å². The van der Waals surface area contributed by atoms with Gasteiger partial charge in [0.1, 0.15) is 11.6 Å². The molecule has 1 aliphatic rings. The summed E-state index contributed by atoms with van der Waals surface area (Å²) in [6.45, 7) is 1.06. The number of hydrogen-bond acceptors (Lipinski definition) is 4. The minimum Gasteiger partial charge on any atom is -0.508 e. The van der Waals surface area contributed by atoms with Gasteiger partial charge in [-0.05, 0) is 36.4 Å². The van der Waals surface area contributed by atoms with Crippen LogP contribution < -0.4 is 4.90 Å². The summed E-state index contributed by atoms with van der Waals surface area (Å²) in [5, 5.41) is 21.4. The molecule has 2 aromatic rings. The van der Waals surface area contributed by atoms with Crippen molar-refractivity contribution in [3.8, 4) is 5.75 Å². The number of fused-ring (bicyclic) bond motifs is 1. The summed E-state index contributed by atoms with van der Waals surface area (Å²) >= 11 is 0. The molecule has 20 heavy (non-hydrogen) atoms. The summed E-state index contributed by atoms with van der Waals surface area (Å²) in [5.74, 6) is 1.13. The normalized spacial score (nSPS) is 20.1. The lowest BCUT2D eigenvalue weighted by molar-refractivity contribution is 0.255. The molecule has 2 N–H and O–H groups in total. The van der Waals surface area contributed by atoms with Gasteiger partial charge in [0, 0.05) is 18.1 Å². The Morgan fingerprint density at radius 1 is 1.20 bits per heavy atom. The fourth-order valence-corrected chi connectivity index (χ4v) is 3.02. The van der Waals surface area contributed by atoms with Gasteiger partial charge in [-0.2, -0.15) is 0 Å². The first-order chi connectivity index (χ1) is 9.79. The number of anilines is 1. The monoisotopic (exact) mass is 272 g/mol. The van der Waals surface area contributed by atoms with Gasteiger partial charge in [-0.25, -0.2) is 4.98 Å². The van der Waals surface area contributed by atoms with Crippen molar-refractivity contribution in [3.05, 3.63) is 30.5 Å². The summed E-state index contributed by atoms with van der Waals surface area (Å²) in [6, 6.07) is 7.43. The summed E-state index contributed by atoms with van der Waals surface area (Å²) in [5.41, 5.74) is 0. The van der Waals surface area contributed by atoms with Gasteiger partial charge in [-0.1, -0.05) is 18.9 Å². The molecule has 4 heteroatoms. The minimum atomic E-state index is 0.123. The molecule has 1 fully saturated rings. The van der Waals surface area contributed by atoms with Crippen LogP contribution in [-0.2, 0) is 0 Å². The molecule has 0 radical (unpaired) electrons. The molecule has 1 aromatic heterocycles. The van der Waals surface area contributed by atoms with Crippen LogP contribution in [0.4, 0.5) is 5.82 Å². The molecule has 0 bridgehead atoms. The molecular weight excluding hydrogens is 252 g/mol. The van der Waals surface area contributed by atoms with E-state index in [1.54, 1.807) is 18.3 Å². The van der Waals surface area contributed by atoms with Crippen molar-refractivity contribution in [3.63, 3.8) is 0 Å². The maximum absolute atomic E-state index is 9.74. The van der Waals surface area contributed by atoms with Gasteiger partial charge in [0.25, 0.3) is 0 Å². The van der Waals surface area contributed by atoms with Crippen molar-refractivity contribution in [2.24, 2.45) is 0 Å². The zero-order valence-electron chi connectivity index (χ0n) is 11.5. The second-order valence-electron chi connectivity index (χ2n) is 5.42. The molecule has 0 amide bonds. The van der Waals surface area contributed by atoms with Gasteiger partial charge in [0.15, 0.2) is 0 Å². The lowest BCUT2D eigenvalue weighted by Gasteiger charge is -2.30. The van der Waals surface area contributed by atoms with Crippen molar-refractivity contribution in [2.75, 3.05) is 18.1 Å². The van der Waals surface area contributed by atoms with Crippen LogP contribution in [0.5, 0.6) is 5.75 Å². The molecule has 0 spiro atoms. The number of aromatic hydroxyl groups is 1. The van der Waals surface area contributed by atoms with Gasteiger partial charge < -0.3 is 15.1 Å². The molecule has 1 aliphatic heterocycles. The second kappa shape index (κ2) is 5.67. The third-order valence-corrected chi connectivity index (χ3v) is 4.09. The van der Waals surface area contributed by atoms with E-state index in [4.69, 9.17) is 0 Å². The number of nitrogens with zero attached hydrogens (tertiary/aromatic N) is 2. The highest BCUT2D eigenvalue weighted by molar-refractivity contribution is 5.93. The van der Waals surface area contributed by atoms with Crippen molar-refractivity contribution in [1.29, 1.82) is 0 Å². The Bertz CT molecular complexity index is 600. The highest BCUT2D eigenvalue weighted by Gasteiger charge is 2.23. The lowest BCUT2D eigenvalue weighted by Crippen LogP contribution is -2.38. The summed E-state index contributed by atoms with van der Waals surface area (Å²) in [4.78, 5) is 6.72. The molecule has 0 saturated carbocycles. The molecule has 1 atom stereocenters. The van der Waals surface area contributed by atoms with Crippen LogP contribution in [0.25, 0.3) is 10.8 Å². The van der Waals surface area contributed by atoms with Crippen LogP contribution in [0, 0.1) is 0 Å². The zero-order chi connectivity index (χ0) is 13.9. The largest absolute Gasteiger partial charge is 0.508 e. The first-order valence-electron chi connectivity index (χ1n) is 7.25. The predicted molar refractivity (Wildman–Crippen MR) is 80.1 cm³/mol. The Morgan fingerprint density at radius 3 is 2.95 bits per heavy atom. The SMILES string of the molecule is OCC1CCCCCN1c1nccc2ccc(O)cc12. The van der Waals surface area contributed by atoms with Gasteiger partial charge in [-0.15, -0.1) is 0 Å². The molecule has 1 aromatic carbocycles. The fraction of sp³-hybridized carbons (Fsp3) is 0.438. The van der Waals surface area contributed by atoms with Crippen LogP contribution in [0.1, 0.15) is 25.7 Å². The smallest absolute Gasteiger partial charge is 0.136 e. The summed E-state index contributed by atoms with van der Waals surface area (Å²) in [6.07, 6.45) is 6.26.